The summed E-state index contributed by atoms with van der Waals surface area (Å²) in [4.78, 5) is 15.0. The van der Waals surface area contributed by atoms with E-state index in [1.165, 1.54) is 6.07 Å². The summed E-state index contributed by atoms with van der Waals surface area (Å²) in [5, 5.41) is 15.0. The highest BCUT2D eigenvalue weighted by molar-refractivity contribution is 7.08. The van der Waals surface area contributed by atoms with E-state index in [0.29, 0.717) is 12.1 Å². The molecule has 0 aliphatic heterocycles. The number of hydrogen-bond donors (Lipinski definition) is 0. The number of benzene rings is 1. The molecular formula is C14H11N3O2S. The molecule has 0 radical (unpaired) electrons. The third-order valence-electron chi connectivity index (χ3n) is 2.99. The Bertz CT molecular complexity index is 734. The predicted molar refractivity (Wildman–Crippen MR) is 77.7 cm³/mol. The minimum absolute atomic E-state index is 0.137. The smallest absolute Gasteiger partial charge is 0.274 e. The van der Waals surface area contributed by atoms with Crippen LogP contribution in [0.2, 0.25) is 0 Å². The van der Waals surface area contributed by atoms with Crippen LogP contribution >= 0.6 is 11.3 Å². The Morgan fingerprint density at radius 3 is 2.90 bits per heavy atom. The second-order valence-electron chi connectivity index (χ2n) is 4.33. The van der Waals surface area contributed by atoms with Crippen molar-refractivity contribution in [2.24, 2.45) is 0 Å². The zero-order valence-corrected chi connectivity index (χ0v) is 11.3. The van der Waals surface area contributed by atoms with Crippen LogP contribution in [0.5, 0.6) is 0 Å². The highest BCUT2D eigenvalue weighted by atomic mass is 32.1. The number of imidazole rings is 1. The fraction of sp³-hybridized carbons (Fsp3) is 0.0714. The number of thiophene rings is 1. The molecule has 6 heteroatoms. The van der Waals surface area contributed by atoms with E-state index < -0.39 is 0 Å². The summed E-state index contributed by atoms with van der Waals surface area (Å²) in [5.74, 6) is 0. The molecule has 0 unspecified atom stereocenters. The van der Waals surface area contributed by atoms with Gasteiger partial charge in [-0.15, -0.1) is 0 Å². The van der Waals surface area contributed by atoms with E-state index in [1.807, 2.05) is 27.6 Å². The van der Waals surface area contributed by atoms with E-state index in [2.05, 4.69) is 4.98 Å². The van der Waals surface area contributed by atoms with Gasteiger partial charge in [-0.3, -0.25) is 10.1 Å². The van der Waals surface area contributed by atoms with Crippen molar-refractivity contribution in [1.82, 2.24) is 9.55 Å². The van der Waals surface area contributed by atoms with Gasteiger partial charge in [0.25, 0.3) is 5.69 Å². The first-order valence-electron chi connectivity index (χ1n) is 6.00. The molecule has 0 N–H and O–H groups in total. The minimum atomic E-state index is -0.355. The van der Waals surface area contributed by atoms with Crippen LogP contribution < -0.4 is 0 Å². The molecule has 20 heavy (non-hydrogen) atoms. The second kappa shape index (κ2) is 5.26. The van der Waals surface area contributed by atoms with Crippen molar-refractivity contribution in [3.8, 4) is 11.3 Å². The van der Waals surface area contributed by atoms with Crippen LogP contribution in [0.25, 0.3) is 11.3 Å². The molecule has 0 saturated heterocycles. The molecule has 3 rings (SSSR count). The molecule has 0 spiro atoms. The van der Waals surface area contributed by atoms with Gasteiger partial charge in [0.1, 0.15) is 0 Å². The van der Waals surface area contributed by atoms with Crippen LogP contribution in [-0.2, 0) is 6.54 Å². The van der Waals surface area contributed by atoms with Crippen molar-refractivity contribution in [3.63, 3.8) is 0 Å². The maximum Gasteiger partial charge on any atom is 0.274 e. The van der Waals surface area contributed by atoms with Gasteiger partial charge in [0.15, 0.2) is 0 Å². The molecule has 0 aliphatic carbocycles. The van der Waals surface area contributed by atoms with Crippen molar-refractivity contribution in [2.45, 2.75) is 6.54 Å². The van der Waals surface area contributed by atoms with Gasteiger partial charge in [-0.25, -0.2) is 4.98 Å². The fourth-order valence-electron chi connectivity index (χ4n) is 2.03. The molecule has 0 saturated carbocycles. The summed E-state index contributed by atoms with van der Waals surface area (Å²) in [6, 6.07) is 8.77. The van der Waals surface area contributed by atoms with Gasteiger partial charge in [-0.1, -0.05) is 18.2 Å². The van der Waals surface area contributed by atoms with E-state index >= 15 is 0 Å². The zero-order chi connectivity index (χ0) is 13.9. The van der Waals surface area contributed by atoms with Crippen LogP contribution in [-0.4, -0.2) is 14.5 Å². The van der Waals surface area contributed by atoms with E-state index in [0.717, 1.165) is 11.3 Å². The van der Waals surface area contributed by atoms with Gasteiger partial charge in [0.05, 0.1) is 23.5 Å². The molecule has 3 aromatic rings. The summed E-state index contributed by atoms with van der Waals surface area (Å²) >= 11 is 1.62. The average molecular weight is 285 g/mol. The number of para-hydroxylation sites is 1. The number of nitro groups is 1. The normalized spacial score (nSPS) is 10.6. The topological polar surface area (TPSA) is 61.0 Å². The Hall–Kier alpha value is -2.47. The van der Waals surface area contributed by atoms with Crippen LogP contribution in [0.15, 0.2) is 53.6 Å². The molecule has 0 bridgehead atoms. The van der Waals surface area contributed by atoms with Crippen LogP contribution in [0, 0.1) is 10.1 Å². The number of rotatable bonds is 4. The standard InChI is InChI=1S/C14H11N3O2S/c18-17(19)14-4-2-1-3-11(14)7-16-8-13(15-10-16)12-5-6-20-9-12/h1-6,8-10H,7H2. The van der Waals surface area contributed by atoms with E-state index in [4.69, 9.17) is 0 Å². The first-order valence-corrected chi connectivity index (χ1v) is 6.95. The lowest BCUT2D eigenvalue weighted by Crippen LogP contribution is -2.00. The molecule has 2 heterocycles. The number of hydrogen-bond acceptors (Lipinski definition) is 4. The highest BCUT2D eigenvalue weighted by Crippen LogP contribution is 2.22. The Morgan fingerprint density at radius 1 is 1.30 bits per heavy atom. The summed E-state index contributed by atoms with van der Waals surface area (Å²) in [7, 11) is 0. The zero-order valence-electron chi connectivity index (χ0n) is 10.5. The number of nitro benzene ring substituents is 1. The highest BCUT2D eigenvalue weighted by Gasteiger charge is 2.13. The van der Waals surface area contributed by atoms with Gasteiger partial charge < -0.3 is 4.57 Å². The van der Waals surface area contributed by atoms with Crippen LogP contribution in [0.4, 0.5) is 5.69 Å². The maximum atomic E-state index is 11.0. The fourth-order valence-corrected chi connectivity index (χ4v) is 2.67. The van der Waals surface area contributed by atoms with Gasteiger partial charge in [0, 0.05) is 28.8 Å². The molecule has 0 fully saturated rings. The third kappa shape index (κ3) is 2.46. The average Bonchev–Trinajstić information content (AvgIpc) is 3.09. The van der Waals surface area contributed by atoms with Crippen molar-refractivity contribution >= 4 is 17.0 Å². The summed E-state index contributed by atoms with van der Waals surface area (Å²) in [6.45, 7) is 0.439. The monoisotopic (exact) mass is 285 g/mol. The molecule has 0 aliphatic rings. The van der Waals surface area contributed by atoms with Crippen LogP contribution in [0.3, 0.4) is 0 Å². The molecule has 100 valence electrons. The minimum Gasteiger partial charge on any atom is -0.332 e. The quantitative estimate of drug-likeness (QED) is 0.544. The van der Waals surface area contributed by atoms with Gasteiger partial charge in [-0.2, -0.15) is 11.3 Å². The van der Waals surface area contributed by atoms with E-state index in [1.54, 1.807) is 35.9 Å². The molecule has 2 aromatic heterocycles. The second-order valence-corrected chi connectivity index (χ2v) is 5.11. The predicted octanol–water partition coefficient (Wildman–Crippen LogP) is 3.57. The maximum absolute atomic E-state index is 11.0. The Balaban J connectivity index is 1.87. The van der Waals surface area contributed by atoms with Crippen molar-refractivity contribution in [2.75, 3.05) is 0 Å². The number of aromatic nitrogens is 2. The SMILES string of the molecule is O=[N+]([O-])c1ccccc1Cn1cnc(-c2ccsc2)c1. The largest absolute Gasteiger partial charge is 0.332 e. The lowest BCUT2D eigenvalue weighted by Gasteiger charge is -2.03. The lowest BCUT2D eigenvalue weighted by molar-refractivity contribution is -0.385. The Morgan fingerprint density at radius 2 is 2.15 bits per heavy atom. The first-order chi connectivity index (χ1) is 9.74. The number of nitrogens with zero attached hydrogens (tertiary/aromatic N) is 3. The lowest BCUT2D eigenvalue weighted by atomic mass is 10.2. The Labute approximate surface area is 119 Å². The van der Waals surface area contributed by atoms with Gasteiger partial charge in [0.2, 0.25) is 0 Å². The first kappa shape index (κ1) is 12.6. The van der Waals surface area contributed by atoms with Crippen molar-refractivity contribution < 1.29 is 4.92 Å². The van der Waals surface area contributed by atoms with E-state index in [9.17, 15) is 10.1 Å². The molecule has 0 atom stereocenters. The van der Waals surface area contributed by atoms with Crippen LogP contribution in [0.1, 0.15) is 5.56 Å². The summed E-state index contributed by atoms with van der Waals surface area (Å²) < 4.78 is 1.86. The summed E-state index contributed by atoms with van der Waals surface area (Å²) in [6.07, 6.45) is 3.60. The molecular weight excluding hydrogens is 274 g/mol. The van der Waals surface area contributed by atoms with Crippen molar-refractivity contribution in [3.05, 3.63) is 69.3 Å². The molecule has 5 nitrogen and oxygen atoms in total. The van der Waals surface area contributed by atoms with E-state index in [-0.39, 0.29) is 10.6 Å². The van der Waals surface area contributed by atoms with Gasteiger partial charge >= 0.3 is 0 Å². The van der Waals surface area contributed by atoms with Gasteiger partial charge in [-0.05, 0) is 11.4 Å². The molecule has 0 amide bonds. The third-order valence-corrected chi connectivity index (χ3v) is 3.67. The summed E-state index contributed by atoms with van der Waals surface area (Å²) in [5.41, 5.74) is 2.76. The Kier molecular flexibility index (Phi) is 3.30. The van der Waals surface area contributed by atoms with Crippen molar-refractivity contribution in [1.29, 1.82) is 0 Å². The molecule has 1 aromatic carbocycles.